The summed E-state index contributed by atoms with van der Waals surface area (Å²) in [6.45, 7) is 0. The van der Waals surface area contributed by atoms with Gasteiger partial charge in [-0.1, -0.05) is 41.0 Å². The summed E-state index contributed by atoms with van der Waals surface area (Å²) in [5, 5.41) is 10.6. The molecule has 92 valence electrons. The molecule has 0 aliphatic rings. The Bertz CT molecular complexity index is 882. The molecule has 3 heterocycles. The van der Waals surface area contributed by atoms with Crippen LogP contribution in [0.2, 0.25) is 5.15 Å². The van der Waals surface area contributed by atoms with Crippen molar-refractivity contribution in [2.75, 3.05) is 0 Å². The summed E-state index contributed by atoms with van der Waals surface area (Å²) in [6.07, 6.45) is 3.26. The number of rotatable bonds is 1. The van der Waals surface area contributed by atoms with E-state index in [0.29, 0.717) is 16.7 Å². The molecule has 0 fully saturated rings. The highest BCUT2D eigenvalue weighted by Crippen LogP contribution is 2.27. The van der Waals surface area contributed by atoms with E-state index in [9.17, 15) is 0 Å². The Morgan fingerprint density at radius 3 is 2.74 bits per heavy atom. The molecule has 0 aliphatic carbocycles. The molecule has 0 bridgehead atoms. The molecule has 1 aromatic carbocycles. The zero-order valence-corrected chi connectivity index (χ0v) is 10.4. The standard InChI is InChI=1S/C13H7ClN4O/c14-12-9-4-2-1-3-8(9)11-7-15-13(18(11)16-12)10-5-6-19-17-10/h1-7H. The molecule has 0 aliphatic heterocycles. The van der Waals surface area contributed by atoms with Gasteiger partial charge in [0.2, 0.25) is 0 Å². The Kier molecular flexibility index (Phi) is 2.10. The molecule has 0 radical (unpaired) electrons. The van der Waals surface area contributed by atoms with E-state index in [0.717, 1.165) is 16.3 Å². The van der Waals surface area contributed by atoms with Crippen LogP contribution in [-0.2, 0) is 0 Å². The van der Waals surface area contributed by atoms with E-state index < -0.39 is 0 Å². The zero-order chi connectivity index (χ0) is 12.8. The lowest BCUT2D eigenvalue weighted by molar-refractivity contribution is 0.421. The molecule has 0 atom stereocenters. The summed E-state index contributed by atoms with van der Waals surface area (Å²) >= 11 is 6.22. The predicted octanol–water partition coefficient (Wildman–Crippen LogP) is 3.19. The minimum absolute atomic E-state index is 0.436. The molecule has 6 heteroatoms. The van der Waals surface area contributed by atoms with Gasteiger partial charge in [0, 0.05) is 16.8 Å². The topological polar surface area (TPSA) is 56.2 Å². The van der Waals surface area contributed by atoms with Crippen molar-refractivity contribution in [1.82, 2.24) is 19.8 Å². The van der Waals surface area contributed by atoms with Crippen molar-refractivity contribution in [1.29, 1.82) is 0 Å². The molecular formula is C13H7ClN4O. The zero-order valence-electron chi connectivity index (χ0n) is 9.62. The van der Waals surface area contributed by atoms with E-state index >= 15 is 0 Å². The number of hydrogen-bond acceptors (Lipinski definition) is 4. The van der Waals surface area contributed by atoms with Crippen molar-refractivity contribution in [3.63, 3.8) is 0 Å². The first-order chi connectivity index (χ1) is 9.34. The predicted molar refractivity (Wildman–Crippen MR) is 71.0 cm³/mol. The van der Waals surface area contributed by atoms with Crippen molar-refractivity contribution in [2.45, 2.75) is 0 Å². The first kappa shape index (κ1) is 10.5. The summed E-state index contributed by atoms with van der Waals surface area (Å²) in [5.74, 6) is 0.608. The van der Waals surface area contributed by atoms with Crippen LogP contribution in [0.3, 0.4) is 0 Å². The Morgan fingerprint density at radius 2 is 1.95 bits per heavy atom. The number of benzene rings is 1. The van der Waals surface area contributed by atoms with E-state index in [-0.39, 0.29) is 0 Å². The summed E-state index contributed by atoms with van der Waals surface area (Å²) in [4.78, 5) is 4.35. The van der Waals surface area contributed by atoms with Crippen LogP contribution in [0.1, 0.15) is 0 Å². The lowest BCUT2D eigenvalue weighted by Crippen LogP contribution is -1.96. The number of halogens is 1. The maximum atomic E-state index is 6.22. The van der Waals surface area contributed by atoms with Crippen LogP contribution >= 0.6 is 11.6 Å². The minimum atomic E-state index is 0.436. The van der Waals surface area contributed by atoms with Gasteiger partial charge in [-0.05, 0) is 0 Å². The van der Waals surface area contributed by atoms with E-state index in [4.69, 9.17) is 16.1 Å². The smallest absolute Gasteiger partial charge is 0.183 e. The van der Waals surface area contributed by atoms with Gasteiger partial charge in [0.25, 0.3) is 0 Å². The molecule has 0 amide bonds. The largest absolute Gasteiger partial charge is 0.364 e. The van der Waals surface area contributed by atoms with Crippen molar-refractivity contribution >= 4 is 27.9 Å². The van der Waals surface area contributed by atoms with Gasteiger partial charge in [0.15, 0.2) is 16.7 Å². The summed E-state index contributed by atoms with van der Waals surface area (Å²) in [7, 11) is 0. The lowest BCUT2D eigenvalue weighted by Gasteiger charge is -2.03. The molecule has 0 saturated carbocycles. The molecule has 0 N–H and O–H groups in total. The van der Waals surface area contributed by atoms with E-state index in [1.165, 1.54) is 6.26 Å². The van der Waals surface area contributed by atoms with Crippen LogP contribution in [0.4, 0.5) is 0 Å². The maximum Gasteiger partial charge on any atom is 0.183 e. The van der Waals surface area contributed by atoms with Gasteiger partial charge in [-0.25, -0.2) is 9.50 Å². The van der Waals surface area contributed by atoms with Crippen LogP contribution in [0.15, 0.2) is 47.3 Å². The molecule has 19 heavy (non-hydrogen) atoms. The van der Waals surface area contributed by atoms with Crippen LogP contribution < -0.4 is 0 Å². The summed E-state index contributed by atoms with van der Waals surface area (Å²) in [5.41, 5.74) is 1.51. The normalized spacial score (nSPS) is 11.4. The first-order valence-corrected chi connectivity index (χ1v) is 6.05. The van der Waals surface area contributed by atoms with Gasteiger partial charge in [-0.15, -0.1) is 0 Å². The van der Waals surface area contributed by atoms with Gasteiger partial charge in [-0.2, -0.15) is 5.10 Å². The third-order valence-electron chi connectivity index (χ3n) is 3.02. The molecule has 0 unspecified atom stereocenters. The number of nitrogens with zero attached hydrogens (tertiary/aromatic N) is 4. The molecule has 3 aromatic heterocycles. The highest BCUT2D eigenvalue weighted by atomic mass is 35.5. The third kappa shape index (κ3) is 1.45. The summed E-state index contributed by atoms with van der Waals surface area (Å²) < 4.78 is 6.52. The van der Waals surface area contributed by atoms with Gasteiger partial charge >= 0.3 is 0 Å². The minimum Gasteiger partial charge on any atom is -0.364 e. The highest BCUT2D eigenvalue weighted by molar-refractivity contribution is 6.34. The Hall–Kier alpha value is -2.40. The Labute approximate surface area is 112 Å². The number of aromatic nitrogens is 4. The second-order valence-corrected chi connectivity index (χ2v) is 4.46. The Balaban J connectivity index is 2.16. The van der Waals surface area contributed by atoms with Gasteiger partial charge in [0.05, 0.1) is 11.7 Å². The highest BCUT2D eigenvalue weighted by Gasteiger charge is 2.14. The molecular weight excluding hydrogens is 264 g/mol. The fourth-order valence-electron chi connectivity index (χ4n) is 2.16. The van der Waals surface area contributed by atoms with E-state index in [1.54, 1.807) is 16.8 Å². The Morgan fingerprint density at radius 1 is 1.11 bits per heavy atom. The van der Waals surface area contributed by atoms with Gasteiger partial charge in [0.1, 0.15) is 6.26 Å². The van der Waals surface area contributed by atoms with Crippen LogP contribution in [0.25, 0.3) is 27.8 Å². The first-order valence-electron chi connectivity index (χ1n) is 5.67. The molecule has 5 nitrogen and oxygen atoms in total. The van der Waals surface area contributed by atoms with Crippen molar-refractivity contribution in [2.24, 2.45) is 0 Å². The number of fused-ring (bicyclic) bond motifs is 3. The second-order valence-electron chi connectivity index (χ2n) is 4.10. The number of hydrogen-bond donors (Lipinski definition) is 0. The van der Waals surface area contributed by atoms with Crippen molar-refractivity contribution in [3.05, 3.63) is 47.9 Å². The average Bonchev–Trinajstić information content (AvgIpc) is 3.07. The quantitative estimate of drug-likeness (QED) is 0.533. The van der Waals surface area contributed by atoms with Crippen LogP contribution in [-0.4, -0.2) is 19.8 Å². The molecule has 0 spiro atoms. The monoisotopic (exact) mass is 270 g/mol. The summed E-state index contributed by atoms with van der Waals surface area (Å²) in [6, 6.07) is 9.56. The van der Waals surface area contributed by atoms with Crippen molar-refractivity contribution < 1.29 is 4.52 Å². The van der Waals surface area contributed by atoms with E-state index in [2.05, 4.69) is 15.2 Å². The van der Waals surface area contributed by atoms with Crippen LogP contribution in [0.5, 0.6) is 0 Å². The second kappa shape index (κ2) is 3.80. The SMILES string of the molecule is Clc1nn2c(-c3ccon3)ncc2c2ccccc12. The molecule has 4 rings (SSSR count). The molecule has 4 aromatic rings. The van der Waals surface area contributed by atoms with E-state index in [1.807, 2.05) is 24.3 Å². The van der Waals surface area contributed by atoms with Crippen LogP contribution in [0, 0.1) is 0 Å². The fraction of sp³-hybridized carbons (Fsp3) is 0. The average molecular weight is 271 g/mol. The fourth-order valence-corrected chi connectivity index (χ4v) is 2.40. The third-order valence-corrected chi connectivity index (χ3v) is 3.30. The van der Waals surface area contributed by atoms with Gasteiger partial charge < -0.3 is 4.52 Å². The maximum absolute atomic E-state index is 6.22. The lowest BCUT2D eigenvalue weighted by atomic mass is 10.2. The molecule has 0 saturated heterocycles. The van der Waals surface area contributed by atoms with Crippen molar-refractivity contribution in [3.8, 4) is 11.5 Å². The number of imidazole rings is 1. The van der Waals surface area contributed by atoms with Gasteiger partial charge in [-0.3, -0.25) is 0 Å².